The van der Waals surface area contributed by atoms with Gasteiger partial charge in [-0.05, 0) is 0 Å². The van der Waals surface area contributed by atoms with Crippen molar-refractivity contribution in [2.75, 3.05) is 18.1 Å². The van der Waals surface area contributed by atoms with Crippen LogP contribution < -0.4 is 5.32 Å². The summed E-state index contributed by atoms with van der Waals surface area (Å²) >= 11 is 0. The molecule has 0 saturated heterocycles. The molecule has 0 saturated carbocycles. The average molecular weight is 440 g/mol. The van der Waals surface area contributed by atoms with E-state index in [2.05, 4.69) is 15.4 Å². The molecule has 0 aliphatic rings. The minimum absolute atomic E-state index is 0.152. The second-order valence-corrected chi connectivity index (χ2v) is 7.53. The fraction of sp³-hybridized carbons (Fsp3) is 0.357. The lowest BCUT2D eigenvalue weighted by molar-refractivity contribution is -0.192. The van der Waals surface area contributed by atoms with E-state index in [9.17, 15) is 22.8 Å². The van der Waals surface area contributed by atoms with Gasteiger partial charge in [0.05, 0.1) is 18.2 Å². The topological polar surface area (TPSA) is 134 Å². The second-order valence-electron chi connectivity index (χ2n) is 4.82. The average Bonchev–Trinajstić information content (AvgIpc) is 3.07. The zero-order valence-electron chi connectivity index (χ0n) is 14.0. The molecule has 14 heteroatoms. The molecule has 3 N–H and O–H groups in total. The summed E-state index contributed by atoms with van der Waals surface area (Å²) in [4.78, 5) is 35.2. The summed E-state index contributed by atoms with van der Waals surface area (Å²) in [5, 5.41) is 22.4. The van der Waals surface area contributed by atoms with E-state index < -0.39 is 18.1 Å². The third-order valence-electron chi connectivity index (χ3n) is 2.70. The van der Waals surface area contributed by atoms with Crippen molar-refractivity contribution in [3.05, 3.63) is 30.2 Å². The van der Waals surface area contributed by atoms with Crippen molar-refractivity contribution >= 4 is 45.1 Å². The van der Waals surface area contributed by atoms with E-state index in [0.717, 1.165) is 0 Å². The number of nitrogens with zero attached hydrogens (tertiary/aromatic N) is 3. The van der Waals surface area contributed by atoms with Gasteiger partial charge in [0.25, 0.3) is 5.91 Å². The van der Waals surface area contributed by atoms with Crippen LogP contribution in [0.5, 0.6) is 0 Å². The molecular weight excluding hydrogens is 425 g/mol. The maximum absolute atomic E-state index is 11.9. The first-order valence-corrected chi connectivity index (χ1v) is 9.94. The summed E-state index contributed by atoms with van der Waals surface area (Å²) in [5.74, 6) is -2.47. The number of hydrogen-bond acceptors (Lipinski definition) is 7. The van der Waals surface area contributed by atoms with Crippen LogP contribution in [0.3, 0.4) is 0 Å². The first-order valence-electron chi connectivity index (χ1n) is 7.45. The Bertz CT molecular complexity index is 816. The molecule has 0 bridgehead atoms. The first kappa shape index (κ1) is 23.6. The van der Waals surface area contributed by atoms with Gasteiger partial charge in [-0.1, -0.05) is 21.6 Å². The minimum atomic E-state index is -5.08. The molecule has 2 rings (SSSR count). The van der Waals surface area contributed by atoms with E-state index in [4.69, 9.17) is 15.0 Å². The molecule has 0 unspecified atom stereocenters. The highest BCUT2D eigenvalue weighted by Crippen LogP contribution is 2.20. The lowest BCUT2D eigenvalue weighted by atomic mass is 10.3. The predicted octanol–water partition coefficient (Wildman–Crippen LogP) is 1.95. The summed E-state index contributed by atoms with van der Waals surface area (Å²) in [6.07, 6.45) is -0.165. The fourth-order valence-electron chi connectivity index (χ4n) is 1.48. The van der Waals surface area contributed by atoms with Crippen molar-refractivity contribution in [2.24, 2.45) is 0 Å². The number of carboxylic acids is 2. The molecule has 0 aromatic carbocycles. The van der Waals surface area contributed by atoms with Crippen LogP contribution >= 0.6 is 21.6 Å². The Hall–Kier alpha value is -2.48. The van der Waals surface area contributed by atoms with Crippen LogP contribution in [0.4, 0.5) is 13.2 Å². The Balaban J connectivity index is 0.000000480. The van der Waals surface area contributed by atoms with Gasteiger partial charge in [-0.2, -0.15) is 18.3 Å². The maximum atomic E-state index is 11.9. The number of fused-ring (bicyclic) bond motifs is 1. The van der Waals surface area contributed by atoms with E-state index in [0.29, 0.717) is 29.3 Å². The number of alkyl halides is 3. The van der Waals surface area contributed by atoms with Crippen LogP contribution in [0.15, 0.2) is 24.7 Å². The molecular formula is C14H15F3N4O5S2. The Morgan fingerprint density at radius 1 is 1.18 bits per heavy atom. The number of nitrogens with one attached hydrogen (secondary N) is 1. The van der Waals surface area contributed by atoms with Crippen LogP contribution in [0.1, 0.15) is 16.8 Å². The summed E-state index contributed by atoms with van der Waals surface area (Å²) in [6, 6.07) is 1.76. The number of rotatable bonds is 8. The normalized spacial score (nSPS) is 10.8. The van der Waals surface area contributed by atoms with Crippen molar-refractivity contribution in [2.45, 2.75) is 12.6 Å². The van der Waals surface area contributed by atoms with Gasteiger partial charge in [0.1, 0.15) is 0 Å². The highest BCUT2D eigenvalue weighted by atomic mass is 33.1. The van der Waals surface area contributed by atoms with Crippen LogP contribution in [-0.2, 0) is 9.59 Å². The number of carbonyl (C=O) groups excluding carboxylic acids is 1. The predicted molar refractivity (Wildman–Crippen MR) is 96.2 cm³/mol. The lowest BCUT2D eigenvalue weighted by Gasteiger charge is -2.04. The number of aromatic nitrogens is 3. The molecule has 1 amide bonds. The number of halogens is 3. The van der Waals surface area contributed by atoms with Gasteiger partial charge in [0.2, 0.25) is 0 Å². The SMILES string of the molecule is O=C(O)C(F)(F)F.O=C(O)CCSSCCNC(=O)c1cnc2ccnn2c1. The van der Waals surface area contributed by atoms with Gasteiger partial charge < -0.3 is 15.5 Å². The molecule has 0 aliphatic carbocycles. The smallest absolute Gasteiger partial charge is 0.481 e. The summed E-state index contributed by atoms with van der Waals surface area (Å²) in [7, 11) is 3.03. The molecule has 28 heavy (non-hydrogen) atoms. The number of hydrogen-bond donors (Lipinski definition) is 3. The molecule has 154 valence electrons. The van der Waals surface area contributed by atoms with Gasteiger partial charge in [-0.25, -0.2) is 14.3 Å². The monoisotopic (exact) mass is 440 g/mol. The van der Waals surface area contributed by atoms with E-state index >= 15 is 0 Å². The molecule has 2 aromatic rings. The molecule has 0 radical (unpaired) electrons. The standard InChI is InChI=1S/C12H14N4O3S2.C2HF3O2/c17-11(18)2-5-20-21-6-4-13-12(19)9-7-14-10-1-3-15-16(10)8-9;3-2(4,5)1(6)7/h1,3,7-8H,2,4-6H2,(H,13,19)(H,17,18);(H,6,7). The lowest BCUT2D eigenvalue weighted by Crippen LogP contribution is -2.26. The van der Waals surface area contributed by atoms with E-state index in [-0.39, 0.29) is 12.3 Å². The van der Waals surface area contributed by atoms with Gasteiger partial charge in [-0.15, -0.1) is 0 Å². The quantitative estimate of drug-likeness (QED) is 0.416. The van der Waals surface area contributed by atoms with Crippen molar-refractivity contribution in [1.82, 2.24) is 19.9 Å². The second kappa shape index (κ2) is 11.4. The minimum Gasteiger partial charge on any atom is -0.481 e. The van der Waals surface area contributed by atoms with E-state index in [1.54, 1.807) is 33.8 Å². The third-order valence-corrected chi connectivity index (χ3v) is 5.11. The molecule has 2 aromatic heterocycles. The molecule has 0 spiro atoms. The van der Waals surface area contributed by atoms with Crippen LogP contribution in [0.2, 0.25) is 0 Å². The highest BCUT2D eigenvalue weighted by molar-refractivity contribution is 8.76. The number of carboxylic acid groups (broad SMARTS) is 2. The summed E-state index contributed by atoms with van der Waals surface area (Å²) < 4.78 is 33.3. The Morgan fingerprint density at radius 2 is 1.82 bits per heavy atom. The molecule has 2 heterocycles. The fourth-order valence-corrected chi connectivity index (χ4v) is 3.37. The van der Waals surface area contributed by atoms with E-state index in [1.807, 2.05) is 0 Å². The molecule has 0 fully saturated rings. The third kappa shape index (κ3) is 8.94. The summed E-state index contributed by atoms with van der Waals surface area (Å²) in [5.41, 5.74) is 1.15. The number of carbonyl (C=O) groups is 3. The van der Waals surface area contributed by atoms with Gasteiger partial charge in [0.15, 0.2) is 5.65 Å². The first-order chi connectivity index (χ1) is 13.1. The summed E-state index contributed by atoms with van der Waals surface area (Å²) in [6.45, 7) is 0.515. The maximum Gasteiger partial charge on any atom is 0.490 e. The van der Waals surface area contributed by atoms with Crippen LogP contribution in [0.25, 0.3) is 5.65 Å². The van der Waals surface area contributed by atoms with Crippen molar-refractivity contribution in [3.8, 4) is 0 Å². The zero-order valence-corrected chi connectivity index (χ0v) is 15.7. The molecule has 0 aliphatic heterocycles. The zero-order chi connectivity index (χ0) is 21.2. The van der Waals surface area contributed by atoms with Gasteiger partial charge in [0, 0.05) is 36.5 Å². The van der Waals surface area contributed by atoms with Crippen molar-refractivity contribution < 1.29 is 37.8 Å². The van der Waals surface area contributed by atoms with Crippen LogP contribution in [-0.4, -0.2) is 66.9 Å². The highest BCUT2D eigenvalue weighted by Gasteiger charge is 2.38. The molecule has 0 atom stereocenters. The van der Waals surface area contributed by atoms with Gasteiger partial charge >= 0.3 is 18.1 Å². The number of aliphatic carboxylic acids is 2. The van der Waals surface area contributed by atoms with Crippen molar-refractivity contribution in [1.29, 1.82) is 0 Å². The molecule has 9 nitrogen and oxygen atoms in total. The van der Waals surface area contributed by atoms with E-state index in [1.165, 1.54) is 17.0 Å². The Labute approximate surface area is 164 Å². The largest absolute Gasteiger partial charge is 0.490 e. The van der Waals surface area contributed by atoms with Crippen LogP contribution in [0, 0.1) is 0 Å². The number of amides is 1. The van der Waals surface area contributed by atoms with Gasteiger partial charge in [-0.3, -0.25) is 9.59 Å². The Morgan fingerprint density at radius 3 is 2.43 bits per heavy atom. The van der Waals surface area contributed by atoms with Crippen molar-refractivity contribution in [3.63, 3.8) is 0 Å². The Kier molecular flexibility index (Phi) is 9.58.